The molecule has 17 heavy (non-hydrogen) atoms. The summed E-state index contributed by atoms with van der Waals surface area (Å²) in [5.41, 5.74) is 4.97. The number of fused-ring (bicyclic) bond motifs is 1. The maximum absolute atomic E-state index is 13.4. The molecule has 0 fully saturated rings. The monoisotopic (exact) mass is 241 g/mol. The van der Waals surface area contributed by atoms with Gasteiger partial charge in [-0.1, -0.05) is 0 Å². The number of nitrogens with two attached hydrogens (primary N) is 1. The van der Waals surface area contributed by atoms with Crippen molar-refractivity contribution in [3.05, 3.63) is 17.4 Å². The molecule has 1 aromatic carbocycles. The minimum atomic E-state index is -0.925. The van der Waals surface area contributed by atoms with Crippen LogP contribution in [0.15, 0.2) is 6.07 Å². The Hall–Kier alpha value is -1.82. The van der Waals surface area contributed by atoms with Gasteiger partial charge in [0.1, 0.15) is 5.56 Å². The SMILES string of the molecule is NCC(=O)c1c(O)c(F)cc2c1OCCCO2. The molecular formula is C11H12FNO4. The molecule has 0 atom stereocenters. The lowest BCUT2D eigenvalue weighted by Crippen LogP contribution is -2.15. The lowest BCUT2D eigenvalue weighted by Gasteiger charge is -2.13. The van der Waals surface area contributed by atoms with E-state index in [-0.39, 0.29) is 23.6 Å². The fraction of sp³-hybridized carbons (Fsp3) is 0.364. The van der Waals surface area contributed by atoms with Crippen molar-refractivity contribution in [3.63, 3.8) is 0 Å². The normalized spacial score (nSPS) is 14.2. The third-order valence-corrected chi connectivity index (χ3v) is 2.43. The quantitative estimate of drug-likeness (QED) is 0.749. The molecule has 5 nitrogen and oxygen atoms in total. The molecule has 1 aliphatic rings. The average Bonchev–Trinajstić information content (AvgIpc) is 2.55. The Kier molecular flexibility index (Phi) is 3.14. The van der Waals surface area contributed by atoms with E-state index in [4.69, 9.17) is 15.2 Å². The summed E-state index contributed by atoms with van der Waals surface area (Å²) < 4.78 is 24.0. The Morgan fingerprint density at radius 3 is 2.88 bits per heavy atom. The minimum Gasteiger partial charge on any atom is -0.504 e. The molecular weight excluding hydrogens is 229 g/mol. The molecule has 0 amide bonds. The summed E-state index contributed by atoms with van der Waals surface area (Å²) in [4.78, 5) is 11.6. The van der Waals surface area contributed by atoms with Crippen molar-refractivity contribution >= 4 is 5.78 Å². The van der Waals surface area contributed by atoms with E-state index in [1.807, 2.05) is 0 Å². The van der Waals surface area contributed by atoms with Gasteiger partial charge in [-0.25, -0.2) is 4.39 Å². The highest BCUT2D eigenvalue weighted by Crippen LogP contribution is 2.40. The van der Waals surface area contributed by atoms with E-state index in [0.717, 1.165) is 6.07 Å². The molecule has 3 N–H and O–H groups in total. The summed E-state index contributed by atoms with van der Waals surface area (Å²) in [6, 6.07) is 1.00. The van der Waals surface area contributed by atoms with Crippen molar-refractivity contribution in [1.29, 1.82) is 0 Å². The zero-order valence-electron chi connectivity index (χ0n) is 9.03. The Balaban J connectivity index is 2.61. The largest absolute Gasteiger partial charge is 0.504 e. The number of phenols is 1. The molecule has 0 saturated carbocycles. The number of hydrogen-bond acceptors (Lipinski definition) is 5. The Labute approximate surface area is 96.9 Å². The highest BCUT2D eigenvalue weighted by molar-refractivity contribution is 6.03. The van der Waals surface area contributed by atoms with Crippen LogP contribution in [0.1, 0.15) is 16.8 Å². The van der Waals surface area contributed by atoms with Crippen molar-refractivity contribution in [3.8, 4) is 17.2 Å². The van der Waals surface area contributed by atoms with Gasteiger partial charge in [0.15, 0.2) is 28.8 Å². The first-order valence-corrected chi connectivity index (χ1v) is 5.19. The first-order chi connectivity index (χ1) is 8.15. The van der Waals surface area contributed by atoms with Crippen LogP contribution in [-0.2, 0) is 0 Å². The van der Waals surface area contributed by atoms with Crippen molar-refractivity contribution in [2.75, 3.05) is 19.8 Å². The number of ether oxygens (including phenoxy) is 2. The van der Waals surface area contributed by atoms with Crippen LogP contribution in [0.5, 0.6) is 17.2 Å². The third kappa shape index (κ3) is 2.03. The van der Waals surface area contributed by atoms with Gasteiger partial charge in [-0.05, 0) is 0 Å². The van der Waals surface area contributed by atoms with E-state index in [1.54, 1.807) is 0 Å². The average molecular weight is 241 g/mol. The fourth-order valence-corrected chi connectivity index (χ4v) is 1.63. The lowest BCUT2D eigenvalue weighted by atomic mass is 10.1. The predicted octanol–water partition coefficient (Wildman–Crippen LogP) is 0.834. The summed E-state index contributed by atoms with van der Waals surface area (Å²) in [5, 5.41) is 9.56. The summed E-state index contributed by atoms with van der Waals surface area (Å²) in [6.07, 6.45) is 0.618. The van der Waals surface area contributed by atoms with Gasteiger partial charge in [-0.2, -0.15) is 0 Å². The fourth-order valence-electron chi connectivity index (χ4n) is 1.63. The molecule has 0 aromatic heterocycles. The molecule has 0 unspecified atom stereocenters. The van der Waals surface area contributed by atoms with Crippen molar-refractivity contribution < 1.29 is 23.8 Å². The van der Waals surface area contributed by atoms with E-state index in [1.165, 1.54) is 0 Å². The molecule has 0 spiro atoms. The highest BCUT2D eigenvalue weighted by atomic mass is 19.1. The van der Waals surface area contributed by atoms with Crippen molar-refractivity contribution in [2.45, 2.75) is 6.42 Å². The number of carbonyl (C=O) groups is 1. The molecule has 0 bridgehead atoms. The van der Waals surface area contributed by atoms with Crippen LogP contribution in [-0.4, -0.2) is 30.6 Å². The van der Waals surface area contributed by atoms with E-state index in [9.17, 15) is 14.3 Å². The van der Waals surface area contributed by atoms with Gasteiger partial charge < -0.3 is 20.3 Å². The number of benzene rings is 1. The van der Waals surface area contributed by atoms with Gasteiger partial charge in [0.25, 0.3) is 0 Å². The predicted molar refractivity (Wildman–Crippen MR) is 57.1 cm³/mol. The Morgan fingerprint density at radius 2 is 2.18 bits per heavy atom. The number of carbonyl (C=O) groups excluding carboxylic acids is 1. The summed E-state index contributed by atoms with van der Waals surface area (Å²) in [7, 11) is 0. The summed E-state index contributed by atoms with van der Waals surface area (Å²) in [5.74, 6) is -2.08. The summed E-state index contributed by atoms with van der Waals surface area (Å²) in [6.45, 7) is 0.364. The zero-order valence-corrected chi connectivity index (χ0v) is 9.03. The van der Waals surface area contributed by atoms with Crippen LogP contribution in [0.25, 0.3) is 0 Å². The van der Waals surface area contributed by atoms with E-state index in [0.29, 0.717) is 19.6 Å². The van der Waals surface area contributed by atoms with Gasteiger partial charge in [0.05, 0.1) is 19.8 Å². The molecule has 2 rings (SSSR count). The molecule has 0 radical (unpaired) electrons. The zero-order chi connectivity index (χ0) is 12.4. The van der Waals surface area contributed by atoms with Crippen LogP contribution in [0.4, 0.5) is 4.39 Å². The number of rotatable bonds is 2. The first kappa shape index (κ1) is 11.7. The molecule has 92 valence electrons. The first-order valence-electron chi connectivity index (χ1n) is 5.19. The van der Waals surface area contributed by atoms with Gasteiger partial charge in [0.2, 0.25) is 0 Å². The topological polar surface area (TPSA) is 81.8 Å². The Bertz CT molecular complexity index is 461. The van der Waals surface area contributed by atoms with Crippen molar-refractivity contribution in [2.24, 2.45) is 5.73 Å². The maximum Gasteiger partial charge on any atom is 0.184 e. The second-order valence-corrected chi connectivity index (χ2v) is 3.59. The van der Waals surface area contributed by atoms with Gasteiger partial charge >= 0.3 is 0 Å². The molecule has 0 saturated heterocycles. The molecule has 6 heteroatoms. The van der Waals surface area contributed by atoms with Crippen molar-refractivity contribution in [1.82, 2.24) is 0 Å². The van der Waals surface area contributed by atoms with Crippen LogP contribution >= 0.6 is 0 Å². The highest BCUT2D eigenvalue weighted by Gasteiger charge is 2.26. The molecule has 1 aliphatic heterocycles. The number of hydrogen-bond donors (Lipinski definition) is 2. The molecule has 0 aliphatic carbocycles. The third-order valence-electron chi connectivity index (χ3n) is 2.43. The number of Topliss-reactive ketones (excluding diaryl/α,β-unsaturated/α-hetero) is 1. The minimum absolute atomic E-state index is 0.0665. The second kappa shape index (κ2) is 4.58. The second-order valence-electron chi connectivity index (χ2n) is 3.59. The number of aromatic hydroxyl groups is 1. The van der Waals surface area contributed by atoms with E-state index < -0.39 is 17.3 Å². The lowest BCUT2D eigenvalue weighted by molar-refractivity contribution is 0.0993. The van der Waals surface area contributed by atoms with Crippen LogP contribution in [0, 0.1) is 5.82 Å². The van der Waals surface area contributed by atoms with Gasteiger partial charge in [-0.15, -0.1) is 0 Å². The molecule has 1 aromatic rings. The summed E-state index contributed by atoms with van der Waals surface area (Å²) >= 11 is 0. The van der Waals surface area contributed by atoms with Gasteiger partial charge in [-0.3, -0.25) is 4.79 Å². The van der Waals surface area contributed by atoms with Crippen LogP contribution < -0.4 is 15.2 Å². The smallest absolute Gasteiger partial charge is 0.184 e. The number of ketones is 1. The molecule has 1 heterocycles. The van der Waals surface area contributed by atoms with E-state index in [2.05, 4.69) is 0 Å². The van der Waals surface area contributed by atoms with E-state index >= 15 is 0 Å². The Morgan fingerprint density at radius 1 is 1.47 bits per heavy atom. The van der Waals surface area contributed by atoms with Crippen LogP contribution in [0.2, 0.25) is 0 Å². The standard InChI is InChI=1S/C11H12FNO4/c12-6-4-8-11(17-3-1-2-16-8)9(10(6)15)7(14)5-13/h4,15H,1-3,5,13H2. The van der Waals surface area contributed by atoms with Crippen LogP contribution in [0.3, 0.4) is 0 Å². The number of halogens is 1. The maximum atomic E-state index is 13.4. The van der Waals surface area contributed by atoms with Gasteiger partial charge in [0, 0.05) is 12.5 Å². The number of phenolic OH excluding ortho intramolecular Hbond substituents is 1.